The molecule has 2 amide bonds. The molecule has 1 heterocycles. The lowest BCUT2D eigenvalue weighted by atomic mass is 10.3. The number of likely N-dealkylation sites (tertiary alicyclic amines) is 1. The average molecular weight is 456 g/mol. The Morgan fingerprint density at radius 3 is 2.19 bits per heavy atom. The van der Waals surface area contributed by atoms with Gasteiger partial charge in [0.15, 0.2) is 11.6 Å². The van der Waals surface area contributed by atoms with Crippen LogP contribution in [0, 0.1) is 39.4 Å². The Hall–Kier alpha value is -3.19. The van der Waals surface area contributed by atoms with Gasteiger partial charge in [-0.2, -0.15) is 0 Å². The van der Waals surface area contributed by atoms with Crippen molar-refractivity contribution in [2.45, 2.75) is 10.9 Å². The fourth-order valence-electron chi connectivity index (χ4n) is 3.67. The van der Waals surface area contributed by atoms with Crippen molar-refractivity contribution in [2.75, 3.05) is 18.4 Å². The molecule has 2 N–H and O–H groups in total. The summed E-state index contributed by atoms with van der Waals surface area (Å²) in [4.78, 5) is 23.5. The van der Waals surface area contributed by atoms with E-state index in [1.807, 2.05) is 0 Å². The first-order valence-corrected chi connectivity index (χ1v) is 10.5. The Labute approximate surface area is 174 Å². The van der Waals surface area contributed by atoms with Crippen LogP contribution in [-0.4, -0.2) is 43.4 Å². The molecule has 2 aromatic carbocycles. The van der Waals surface area contributed by atoms with Gasteiger partial charge in [0.1, 0.15) is 5.82 Å². The van der Waals surface area contributed by atoms with E-state index in [2.05, 4.69) is 10.0 Å². The van der Waals surface area contributed by atoms with E-state index >= 15 is 0 Å². The molecule has 0 radical (unpaired) electrons. The number of nitrogens with zero attached hydrogens (tertiary/aromatic N) is 2. The summed E-state index contributed by atoms with van der Waals surface area (Å²) in [5.41, 5.74) is -0.735. The molecule has 4 rings (SSSR count). The van der Waals surface area contributed by atoms with E-state index in [0.717, 1.165) is 24.3 Å². The number of benzene rings is 2. The molecule has 0 aromatic heterocycles. The largest absolute Gasteiger partial charge is 0.324 e. The summed E-state index contributed by atoms with van der Waals surface area (Å²) in [6.45, 7) is 0.379. The van der Waals surface area contributed by atoms with Crippen LogP contribution in [0.3, 0.4) is 0 Å². The van der Waals surface area contributed by atoms with Crippen LogP contribution in [0.1, 0.15) is 0 Å². The molecule has 1 aliphatic carbocycles. The van der Waals surface area contributed by atoms with E-state index in [1.165, 1.54) is 4.90 Å². The van der Waals surface area contributed by atoms with Crippen LogP contribution in [0.4, 0.5) is 29.3 Å². The number of fused-ring (bicyclic) bond motifs is 1. The molecule has 3 atom stereocenters. The summed E-state index contributed by atoms with van der Waals surface area (Å²) < 4.78 is 67.4. The third-order valence-corrected chi connectivity index (χ3v) is 6.86. The molecule has 2 fully saturated rings. The van der Waals surface area contributed by atoms with Crippen molar-refractivity contribution in [1.29, 1.82) is 0 Å². The normalized spacial score (nSPS) is 22.2. The van der Waals surface area contributed by atoms with Gasteiger partial charge in [-0.05, 0) is 24.0 Å². The van der Waals surface area contributed by atoms with Crippen molar-refractivity contribution < 1.29 is 31.3 Å². The Morgan fingerprint density at radius 2 is 1.61 bits per heavy atom. The molecule has 9 nitrogen and oxygen atoms in total. The molecule has 0 spiro atoms. The van der Waals surface area contributed by atoms with Crippen LogP contribution >= 0.6 is 0 Å². The first-order valence-electron chi connectivity index (χ1n) is 9.04. The van der Waals surface area contributed by atoms with Crippen LogP contribution in [0.5, 0.6) is 0 Å². The lowest BCUT2D eigenvalue weighted by molar-refractivity contribution is -0.384. The van der Waals surface area contributed by atoms with Gasteiger partial charge in [-0.1, -0.05) is 0 Å². The first-order chi connectivity index (χ1) is 14.6. The fourth-order valence-corrected chi connectivity index (χ4v) is 5.01. The quantitative estimate of drug-likeness (QED) is 0.407. The third kappa shape index (κ3) is 4.05. The number of hydrogen-bond acceptors (Lipinski definition) is 5. The minimum atomic E-state index is -3.90. The number of amides is 2. The highest BCUT2D eigenvalue weighted by molar-refractivity contribution is 7.89. The zero-order valence-electron chi connectivity index (χ0n) is 15.6. The molecule has 2 aromatic rings. The Morgan fingerprint density at radius 1 is 1.03 bits per heavy atom. The van der Waals surface area contributed by atoms with Gasteiger partial charge in [-0.25, -0.2) is 31.1 Å². The molecule has 0 bridgehead atoms. The lowest BCUT2D eigenvalue weighted by Crippen LogP contribution is -2.39. The summed E-state index contributed by atoms with van der Waals surface area (Å²) in [7, 11) is -3.90. The highest BCUT2D eigenvalue weighted by Crippen LogP contribution is 2.46. The van der Waals surface area contributed by atoms with Crippen molar-refractivity contribution in [3.05, 3.63) is 64.0 Å². The van der Waals surface area contributed by atoms with Gasteiger partial charge < -0.3 is 10.2 Å². The SMILES string of the molecule is O=C(Nc1cc(F)c(F)cc1F)N1C[C@@H]2C(NS(=O)(=O)c3ccc([N+](=O)[O-])cc3)[C@@H]2C1. The number of nitrogens with one attached hydrogen (secondary N) is 2. The van der Waals surface area contributed by atoms with E-state index in [-0.39, 0.29) is 35.5 Å². The second-order valence-corrected chi connectivity index (χ2v) is 9.02. The predicted molar refractivity (Wildman–Crippen MR) is 101 cm³/mol. The molecule has 164 valence electrons. The molecule has 1 aliphatic heterocycles. The van der Waals surface area contributed by atoms with E-state index in [9.17, 15) is 36.5 Å². The second-order valence-electron chi connectivity index (χ2n) is 7.31. The number of anilines is 1. The number of urea groups is 1. The van der Waals surface area contributed by atoms with Gasteiger partial charge in [-0.3, -0.25) is 10.1 Å². The summed E-state index contributed by atoms with van der Waals surface area (Å²) in [5, 5.41) is 12.9. The van der Waals surface area contributed by atoms with Crippen molar-refractivity contribution in [3.8, 4) is 0 Å². The van der Waals surface area contributed by atoms with Crippen LogP contribution in [0.15, 0.2) is 41.3 Å². The van der Waals surface area contributed by atoms with Gasteiger partial charge in [0.25, 0.3) is 5.69 Å². The number of rotatable bonds is 5. The highest BCUT2D eigenvalue weighted by atomic mass is 32.2. The zero-order valence-corrected chi connectivity index (χ0v) is 16.4. The predicted octanol–water partition coefficient (Wildman–Crippen LogP) is 2.45. The molecule has 1 saturated carbocycles. The van der Waals surface area contributed by atoms with E-state index in [1.54, 1.807) is 0 Å². The van der Waals surface area contributed by atoms with Crippen molar-refractivity contribution in [3.63, 3.8) is 0 Å². The smallest absolute Gasteiger partial charge is 0.321 e. The van der Waals surface area contributed by atoms with Gasteiger partial charge in [-0.15, -0.1) is 0 Å². The first kappa shape index (κ1) is 21.1. The van der Waals surface area contributed by atoms with Crippen molar-refractivity contribution in [1.82, 2.24) is 9.62 Å². The maximum atomic E-state index is 13.7. The van der Waals surface area contributed by atoms with Crippen LogP contribution < -0.4 is 10.0 Å². The van der Waals surface area contributed by atoms with Gasteiger partial charge in [0.2, 0.25) is 10.0 Å². The zero-order chi connectivity index (χ0) is 22.5. The molecular formula is C18H15F3N4O5S. The fraction of sp³-hybridized carbons (Fsp3) is 0.278. The molecular weight excluding hydrogens is 441 g/mol. The number of non-ortho nitro benzene ring substituents is 1. The molecule has 1 saturated heterocycles. The van der Waals surface area contributed by atoms with Crippen LogP contribution in [-0.2, 0) is 10.0 Å². The molecule has 31 heavy (non-hydrogen) atoms. The van der Waals surface area contributed by atoms with E-state index in [4.69, 9.17) is 0 Å². The standard InChI is InChI=1S/C18H15F3N4O5S/c19-13-5-15(21)16(6-14(13)20)22-18(26)24-7-11-12(8-24)17(11)23-31(29,30)10-3-1-9(2-4-10)25(27)28/h1-6,11-12,17,23H,7-8H2,(H,22,26)/t11-,12+,17?. The summed E-state index contributed by atoms with van der Waals surface area (Å²) in [6, 6.07) is 4.19. The van der Waals surface area contributed by atoms with Crippen LogP contribution in [0.25, 0.3) is 0 Å². The molecule has 13 heteroatoms. The summed E-state index contributed by atoms with van der Waals surface area (Å²) >= 11 is 0. The third-order valence-electron chi connectivity index (χ3n) is 5.38. The Balaban J connectivity index is 1.34. The van der Waals surface area contributed by atoms with E-state index in [0.29, 0.717) is 12.1 Å². The van der Waals surface area contributed by atoms with Gasteiger partial charge >= 0.3 is 6.03 Å². The number of nitro groups is 1. The number of nitro benzene ring substituents is 1. The topological polar surface area (TPSA) is 122 Å². The average Bonchev–Trinajstić information content (AvgIpc) is 3.13. The maximum absolute atomic E-state index is 13.7. The number of halogens is 3. The summed E-state index contributed by atoms with van der Waals surface area (Å²) in [6.07, 6.45) is 0. The van der Waals surface area contributed by atoms with Crippen molar-refractivity contribution >= 4 is 27.4 Å². The molecule has 2 aliphatic rings. The molecule has 1 unspecified atom stereocenters. The Bertz CT molecular complexity index is 1160. The van der Waals surface area contributed by atoms with Crippen molar-refractivity contribution in [2.24, 2.45) is 11.8 Å². The lowest BCUT2D eigenvalue weighted by Gasteiger charge is -2.21. The number of carbonyl (C=O) groups excluding carboxylic acids is 1. The number of piperidine rings is 1. The van der Waals surface area contributed by atoms with Crippen LogP contribution in [0.2, 0.25) is 0 Å². The number of carbonyl (C=O) groups is 1. The maximum Gasteiger partial charge on any atom is 0.321 e. The number of sulfonamides is 1. The summed E-state index contributed by atoms with van der Waals surface area (Å²) in [5.74, 6) is -4.12. The second kappa shape index (κ2) is 7.50. The minimum Gasteiger partial charge on any atom is -0.324 e. The highest BCUT2D eigenvalue weighted by Gasteiger charge is 2.58. The minimum absolute atomic E-state index is 0.119. The Kier molecular flexibility index (Phi) is 5.09. The number of hydrogen-bond donors (Lipinski definition) is 2. The monoisotopic (exact) mass is 456 g/mol. The van der Waals surface area contributed by atoms with Gasteiger partial charge in [0.05, 0.1) is 15.5 Å². The van der Waals surface area contributed by atoms with Gasteiger partial charge in [0, 0.05) is 43.4 Å². The van der Waals surface area contributed by atoms with E-state index < -0.39 is 50.2 Å².